The first kappa shape index (κ1) is 8.03. The van der Waals surface area contributed by atoms with Crippen molar-refractivity contribution in [3.05, 3.63) is 24.2 Å². The summed E-state index contributed by atoms with van der Waals surface area (Å²) in [7, 11) is 0. The summed E-state index contributed by atoms with van der Waals surface area (Å²) in [5.41, 5.74) is -0.568. The second-order valence-electron chi connectivity index (χ2n) is 2.49. The number of hydrogen-bond acceptors (Lipinski definition) is 2. The minimum Gasteiger partial charge on any atom is -0.278 e. The third-order valence-corrected chi connectivity index (χ3v) is 1.64. The first-order valence-corrected chi connectivity index (χ1v) is 3.44. The Labute approximate surface area is 70.6 Å². The number of hydrogen-bond donors (Lipinski definition) is 1. The number of nitrogens with one attached hydrogen (secondary N) is 1. The van der Waals surface area contributed by atoms with Crippen LogP contribution in [0.5, 0.6) is 0 Å². The van der Waals surface area contributed by atoms with E-state index in [0.717, 1.165) is 12.4 Å². The van der Waals surface area contributed by atoms with E-state index in [-0.39, 0.29) is 5.39 Å². The standard InChI is InChI=1S/C7H4F3N3/c8-7(9,10)6-4-3-12-13-5(4)1-2-11-6/h1-3H,(H,12,13). The fourth-order valence-electron chi connectivity index (χ4n) is 1.09. The predicted molar refractivity (Wildman–Crippen MR) is 38.9 cm³/mol. The molecule has 0 aliphatic carbocycles. The van der Waals surface area contributed by atoms with Crippen LogP contribution >= 0.6 is 0 Å². The topological polar surface area (TPSA) is 41.6 Å². The van der Waals surface area contributed by atoms with E-state index in [9.17, 15) is 13.2 Å². The molecule has 0 radical (unpaired) electrons. The number of aromatic amines is 1. The van der Waals surface area contributed by atoms with Gasteiger partial charge in [0, 0.05) is 6.20 Å². The molecule has 2 aromatic rings. The number of aromatic nitrogens is 3. The van der Waals surface area contributed by atoms with Gasteiger partial charge in [-0.2, -0.15) is 18.3 Å². The van der Waals surface area contributed by atoms with Gasteiger partial charge in [0.2, 0.25) is 0 Å². The van der Waals surface area contributed by atoms with Crippen LogP contribution in [0.3, 0.4) is 0 Å². The molecule has 1 N–H and O–H groups in total. The largest absolute Gasteiger partial charge is 0.434 e. The molecule has 3 nitrogen and oxygen atoms in total. The molecule has 6 heteroatoms. The molecule has 2 rings (SSSR count). The average molecular weight is 187 g/mol. The quantitative estimate of drug-likeness (QED) is 0.685. The van der Waals surface area contributed by atoms with Crippen LogP contribution in [-0.4, -0.2) is 15.2 Å². The monoisotopic (exact) mass is 187 g/mol. The summed E-state index contributed by atoms with van der Waals surface area (Å²) in [5.74, 6) is 0. The van der Waals surface area contributed by atoms with Crippen LogP contribution in [0.25, 0.3) is 10.9 Å². The average Bonchev–Trinajstić information content (AvgIpc) is 2.48. The third-order valence-electron chi connectivity index (χ3n) is 1.64. The van der Waals surface area contributed by atoms with Gasteiger partial charge in [-0.15, -0.1) is 0 Å². The summed E-state index contributed by atoms with van der Waals surface area (Å²) >= 11 is 0. The van der Waals surface area contributed by atoms with Crippen LogP contribution in [0.15, 0.2) is 18.5 Å². The maximum atomic E-state index is 12.3. The molecule has 0 fully saturated rings. The number of rotatable bonds is 0. The highest BCUT2D eigenvalue weighted by atomic mass is 19.4. The van der Waals surface area contributed by atoms with Crippen LogP contribution in [-0.2, 0) is 6.18 Å². The van der Waals surface area contributed by atoms with Crippen LogP contribution in [0.4, 0.5) is 13.2 Å². The number of H-pyrrole nitrogens is 1. The number of nitrogens with zero attached hydrogens (tertiary/aromatic N) is 2. The van der Waals surface area contributed by atoms with Gasteiger partial charge in [0.25, 0.3) is 0 Å². The molecular weight excluding hydrogens is 183 g/mol. The second kappa shape index (κ2) is 2.45. The molecular formula is C7H4F3N3. The van der Waals surface area contributed by atoms with Gasteiger partial charge in [-0.1, -0.05) is 0 Å². The Bertz CT molecular complexity index is 432. The van der Waals surface area contributed by atoms with Gasteiger partial charge in [0.05, 0.1) is 17.1 Å². The summed E-state index contributed by atoms with van der Waals surface area (Å²) in [5, 5.41) is 5.95. The molecule has 0 bridgehead atoms. The smallest absolute Gasteiger partial charge is 0.278 e. The third kappa shape index (κ3) is 1.24. The zero-order valence-corrected chi connectivity index (χ0v) is 6.26. The van der Waals surface area contributed by atoms with Crippen molar-refractivity contribution >= 4 is 10.9 Å². The molecule has 0 saturated heterocycles. The molecule has 0 aliphatic heterocycles. The van der Waals surface area contributed by atoms with Crippen molar-refractivity contribution in [1.82, 2.24) is 15.2 Å². The predicted octanol–water partition coefficient (Wildman–Crippen LogP) is 1.98. The Morgan fingerprint density at radius 1 is 1.31 bits per heavy atom. The first-order valence-electron chi connectivity index (χ1n) is 3.44. The molecule has 0 amide bonds. The zero-order valence-electron chi connectivity index (χ0n) is 6.26. The fourth-order valence-corrected chi connectivity index (χ4v) is 1.09. The maximum absolute atomic E-state index is 12.3. The lowest BCUT2D eigenvalue weighted by Gasteiger charge is -2.04. The summed E-state index contributed by atoms with van der Waals surface area (Å²) in [6, 6.07) is 1.44. The van der Waals surface area contributed by atoms with Crippen molar-refractivity contribution in [2.75, 3.05) is 0 Å². The van der Waals surface area contributed by atoms with Crippen molar-refractivity contribution in [3.63, 3.8) is 0 Å². The maximum Gasteiger partial charge on any atom is 0.434 e. The molecule has 2 aromatic heterocycles. The molecule has 0 spiro atoms. The van der Waals surface area contributed by atoms with Crippen LogP contribution < -0.4 is 0 Å². The summed E-state index contributed by atoms with van der Waals surface area (Å²) in [6.45, 7) is 0. The van der Waals surface area contributed by atoms with Gasteiger partial charge in [-0.3, -0.25) is 10.1 Å². The lowest BCUT2D eigenvalue weighted by Crippen LogP contribution is -2.07. The van der Waals surface area contributed by atoms with Crippen molar-refractivity contribution in [2.45, 2.75) is 6.18 Å². The lowest BCUT2D eigenvalue weighted by atomic mass is 10.2. The SMILES string of the molecule is FC(F)(F)c1nccc2[nH]ncc12. The summed E-state index contributed by atoms with van der Waals surface area (Å²) < 4.78 is 36.9. The molecule has 0 atom stereocenters. The van der Waals surface area contributed by atoms with E-state index in [0.29, 0.717) is 5.52 Å². The molecule has 0 aromatic carbocycles. The number of halogens is 3. The van der Waals surface area contributed by atoms with E-state index >= 15 is 0 Å². The van der Waals surface area contributed by atoms with Crippen molar-refractivity contribution in [2.24, 2.45) is 0 Å². The van der Waals surface area contributed by atoms with Crippen molar-refractivity contribution in [3.8, 4) is 0 Å². The van der Waals surface area contributed by atoms with E-state index in [1.165, 1.54) is 6.07 Å². The van der Waals surface area contributed by atoms with Gasteiger partial charge in [-0.25, -0.2) is 0 Å². The summed E-state index contributed by atoms with van der Waals surface area (Å²) in [4.78, 5) is 3.27. The molecule has 0 saturated carbocycles. The van der Waals surface area contributed by atoms with Crippen LogP contribution in [0, 0.1) is 0 Å². The fraction of sp³-hybridized carbons (Fsp3) is 0.143. The van der Waals surface area contributed by atoms with Crippen LogP contribution in [0.1, 0.15) is 5.69 Å². The van der Waals surface area contributed by atoms with Gasteiger partial charge in [0.1, 0.15) is 0 Å². The first-order chi connectivity index (χ1) is 6.09. The number of pyridine rings is 1. The Morgan fingerprint density at radius 3 is 2.77 bits per heavy atom. The van der Waals surface area contributed by atoms with E-state index in [4.69, 9.17) is 0 Å². The van der Waals surface area contributed by atoms with Crippen LogP contribution in [0.2, 0.25) is 0 Å². The Hall–Kier alpha value is -1.59. The minimum absolute atomic E-state index is 0.00463. The number of alkyl halides is 3. The molecule has 0 unspecified atom stereocenters. The highest BCUT2D eigenvalue weighted by molar-refractivity contribution is 5.80. The minimum atomic E-state index is -4.43. The molecule has 0 aliphatic rings. The van der Waals surface area contributed by atoms with Gasteiger partial charge in [-0.05, 0) is 6.07 Å². The normalized spacial score (nSPS) is 12.2. The number of fused-ring (bicyclic) bond motifs is 1. The second-order valence-corrected chi connectivity index (χ2v) is 2.49. The van der Waals surface area contributed by atoms with Crippen molar-refractivity contribution < 1.29 is 13.2 Å². The van der Waals surface area contributed by atoms with Crippen molar-refractivity contribution in [1.29, 1.82) is 0 Å². The zero-order chi connectivity index (χ0) is 9.47. The molecule has 68 valence electrons. The Balaban J connectivity index is 2.75. The lowest BCUT2D eigenvalue weighted by molar-refractivity contribution is -0.139. The molecule has 13 heavy (non-hydrogen) atoms. The van der Waals surface area contributed by atoms with Gasteiger partial charge >= 0.3 is 6.18 Å². The van der Waals surface area contributed by atoms with Gasteiger partial charge < -0.3 is 0 Å². The highest BCUT2D eigenvalue weighted by Crippen LogP contribution is 2.31. The Morgan fingerprint density at radius 2 is 2.08 bits per heavy atom. The van der Waals surface area contributed by atoms with E-state index in [1.807, 2.05) is 0 Å². The van der Waals surface area contributed by atoms with E-state index in [2.05, 4.69) is 15.2 Å². The van der Waals surface area contributed by atoms with E-state index in [1.54, 1.807) is 0 Å². The highest BCUT2D eigenvalue weighted by Gasteiger charge is 2.34. The molecule has 2 heterocycles. The Kier molecular flexibility index (Phi) is 1.51. The summed E-state index contributed by atoms with van der Waals surface area (Å²) in [6.07, 6.45) is -2.21. The van der Waals surface area contributed by atoms with Gasteiger partial charge in [0.15, 0.2) is 5.69 Å². The van der Waals surface area contributed by atoms with E-state index < -0.39 is 11.9 Å².